The molecule has 0 amide bonds. The van der Waals surface area contributed by atoms with Crippen molar-refractivity contribution in [1.82, 2.24) is 0 Å². The van der Waals surface area contributed by atoms with Gasteiger partial charge >= 0.3 is 5.97 Å². The van der Waals surface area contributed by atoms with Crippen molar-refractivity contribution in [3.05, 3.63) is 0 Å². The van der Waals surface area contributed by atoms with Crippen LogP contribution in [-0.4, -0.2) is 18.6 Å². The molecule has 1 aliphatic carbocycles. The highest BCUT2D eigenvalue weighted by atomic mass is 16.5. The first-order valence-corrected chi connectivity index (χ1v) is 4.40. The van der Waals surface area contributed by atoms with Gasteiger partial charge in [0.15, 0.2) is 0 Å². The monoisotopic (exact) mass is 171 g/mol. The summed E-state index contributed by atoms with van der Waals surface area (Å²) in [4.78, 5) is 11.4. The standard InChI is InChI=1S/C9H17NO2/c1-6-4-5-7(2)9(6,10)8(11)12-3/h6-7H,4-5,10H2,1-3H3. The van der Waals surface area contributed by atoms with Gasteiger partial charge in [0.25, 0.3) is 0 Å². The first-order valence-electron chi connectivity index (χ1n) is 4.40. The third-order valence-corrected chi connectivity index (χ3v) is 3.20. The Balaban J connectivity index is 2.86. The van der Waals surface area contributed by atoms with Crippen LogP contribution in [0.5, 0.6) is 0 Å². The second kappa shape index (κ2) is 3.05. The van der Waals surface area contributed by atoms with Crippen LogP contribution in [0, 0.1) is 11.8 Å². The fourth-order valence-corrected chi connectivity index (χ4v) is 2.04. The Morgan fingerprint density at radius 1 is 1.42 bits per heavy atom. The quantitative estimate of drug-likeness (QED) is 0.597. The summed E-state index contributed by atoms with van der Waals surface area (Å²) < 4.78 is 4.71. The van der Waals surface area contributed by atoms with Gasteiger partial charge < -0.3 is 10.5 Å². The average molecular weight is 171 g/mol. The highest BCUT2D eigenvalue weighted by Crippen LogP contribution is 2.38. The molecule has 0 aliphatic heterocycles. The van der Waals surface area contributed by atoms with Crippen LogP contribution in [0.3, 0.4) is 0 Å². The van der Waals surface area contributed by atoms with E-state index in [1.165, 1.54) is 7.11 Å². The summed E-state index contributed by atoms with van der Waals surface area (Å²) in [7, 11) is 1.40. The van der Waals surface area contributed by atoms with Gasteiger partial charge in [0.1, 0.15) is 5.54 Å². The van der Waals surface area contributed by atoms with Gasteiger partial charge in [-0.3, -0.25) is 4.79 Å². The fraction of sp³-hybridized carbons (Fsp3) is 0.889. The van der Waals surface area contributed by atoms with Crippen LogP contribution in [0.4, 0.5) is 0 Å². The van der Waals surface area contributed by atoms with Crippen molar-refractivity contribution in [3.8, 4) is 0 Å². The van der Waals surface area contributed by atoms with Crippen LogP contribution >= 0.6 is 0 Å². The van der Waals surface area contributed by atoms with Gasteiger partial charge in [-0.15, -0.1) is 0 Å². The van der Waals surface area contributed by atoms with E-state index < -0.39 is 5.54 Å². The molecule has 0 radical (unpaired) electrons. The van der Waals surface area contributed by atoms with Crippen molar-refractivity contribution in [3.63, 3.8) is 0 Å². The molecule has 0 bridgehead atoms. The second-order valence-electron chi connectivity index (χ2n) is 3.80. The van der Waals surface area contributed by atoms with Gasteiger partial charge in [-0.2, -0.15) is 0 Å². The molecule has 1 aliphatic rings. The predicted octanol–water partition coefficient (Wildman–Crippen LogP) is 0.923. The highest BCUT2D eigenvalue weighted by molar-refractivity contribution is 5.81. The molecule has 0 saturated heterocycles. The molecule has 2 unspecified atom stereocenters. The SMILES string of the molecule is COC(=O)C1(N)C(C)CCC1C. The molecule has 70 valence electrons. The summed E-state index contributed by atoms with van der Waals surface area (Å²) >= 11 is 0. The van der Waals surface area contributed by atoms with E-state index in [1.54, 1.807) is 0 Å². The van der Waals surface area contributed by atoms with Gasteiger partial charge in [-0.1, -0.05) is 13.8 Å². The molecule has 0 aromatic carbocycles. The molecule has 0 spiro atoms. The molecule has 0 aromatic heterocycles. The first kappa shape index (κ1) is 9.52. The zero-order chi connectivity index (χ0) is 9.35. The lowest BCUT2D eigenvalue weighted by molar-refractivity contribution is -0.149. The molecule has 1 fully saturated rings. The minimum atomic E-state index is -0.741. The average Bonchev–Trinajstić information content (AvgIpc) is 2.32. The van der Waals surface area contributed by atoms with Gasteiger partial charge in [0.05, 0.1) is 7.11 Å². The number of rotatable bonds is 1. The summed E-state index contributed by atoms with van der Waals surface area (Å²) in [6.07, 6.45) is 2.04. The molecule has 2 N–H and O–H groups in total. The van der Waals surface area contributed by atoms with E-state index in [-0.39, 0.29) is 17.8 Å². The van der Waals surface area contributed by atoms with E-state index in [9.17, 15) is 4.79 Å². The molecule has 1 rings (SSSR count). The minimum Gasteiger partial charge on any atom is -0.468 e. The zero-order valence-corrected chi connectivity index (χ0v) is 7.96. The Labute approximate surface area is 73.3 Å². The molecule has 1 saturated carbocycles. The van der Waals surface area contributed by atoms with E-state index in [1.807, 2.05) is 13.8 Å². The number of carbonyl (C=O) groups excluding carboxylic acids is 1. The topological polar surface area (TPSA) is 52.3 Å². The zero-order valence-electron chi connectivity index (χ0n) is 7.96. The molecule has 3 nitrogen and oxygen atoms in total. The van der Waals surface area contributed by atoms with Gasteiger partial charge in [0, 0.05) is 0 Å². The van der Waals surface area contributed by atoms with Crippen LogP contribution in [0.2, 0.25) is 0 Å². The maximum Gasteiger partial charge on any atom is 0.326 e. The lowest BCUT2D eigenvalue weighted by Crippen LogP contribution is -2.55. The van der Waals surface area contributed by atoms with Crippen molar-refractivity contribution in [1.29, 1.82) is 0 Å². The molecular weight excluding hydrogens is 154 g/mol. The first-order chi connectivity index (χ1) is 5.53. The fourth-order valence-electron chi connectivity index (χ4n) is 2.04. The summed E-state index contributed by atoms with van der Waals surface area (Å²) in [6, 6.07) is 0. The number of ether oxygens (including phenoxy) is 1. The van der Waals surface area contributed by atoms with Crippen LogP contribution in [0.25, 0.3) is 0 Å². The molecule has 12 heavy (non-hydrogen) atoms. The van der Waals surface area contributed by atoms with Crippen molar-refractivity contribution in [2.24, 2.45) is 17.6 Å². The number of nitrogens with two attached hydrogens (primary N) is 1. The Morgan fingerprint density at radius 3 is 2.17 bits per heavy atom. The van der Waals surface area contributed by atoms with E-state index >= 15 is 0 Å². The van der Waals surface area contributed by atoms with Crippen molar-refractivity contribution < 1.29 is 9.53 Å². The van der Waals surface area contributed by atoms with E-state index in [2.05, 4.69) is 0 Å². The molecule has 0 heterocycles. The number of hydrogen-bond acceptors (Lipinski definition) is 3. The smallest absolute Gasteiger partial charge is 0.326 e. The normalized spacial score (nSPS) is 41.3. The molecule has 0 aromatic rings. The van der Waals surface area contributed by atoms with Gasteiger partial charge in [0.2, 0.25) is 0 Å². The van der Waals surface area contributed by atoms with Gasteiger partial charge in [-0.05, 0) is 24.7 Å². The highest BCUT2D eigenvalue weighted by Gasteiger charge is 2.49. The van der Waals surface area contributed by atoms with Crippen LogP contribution in [-0.2, 0) is 9.53 Å². The second-order valence-corrected chi connectivity index (χ2v) is 3.80. The Hall–Kier alpha value is -0.570. The van der Waals surface area contributed by atoms with Crippen LogP contribution in [0.1, 0.15) is 26.7 Å². The molecule has 3 heteroatoms. The van der Waals surface area contributed by atoms with Crippen molar-refractivity contribution in [2.75, 3.05) is 7.11 Å². The lowest BCUT2D eigenvalue weighted by atomic mass is 9.83. The van der Waals surface area contributed by atoms with Crippen LogP contribution < -0.4 is 5.73 Å². The summed E-state index contributed by atoms with van der Waals surface area (Å²) in [5.41, 5.74) is 5.28. The largest absolute Gasteiger partial charge is 0.468 e. The van der Waals surface area contributed by atoms with Gasteiger partial charge in [-0.25, -0.2) is 0 Å². The number of esters is 1. The van der Waals surface area contributed by atoms with E-state index in [0.717, 1.165) is 12.8 Å². The lowest BCUT2D eigenvalue weighted by Gasteiger charge is -2.29. The maximum atomic E-state index is 11.4. The number of hydrogen-bond donors (Lipinski definition) is 1. The van der Waals surface area contributed by atoms with Crippen molar-refractivity contribution in [2.45, 2.75) is 32.2 Å². The third-order valence-electron chi connectivity index (χ3n) is 3.20. The summed E-state index contributed by atoms with van der Waals surface area (Å²) in [6.45, 7) is 4.03. The number of carbonyl (C=O) groups is 1. The third kappa shape index (κ3) is 1.12. The minimum absolute atomic E-state index is 0.236. The van der Waals surface area contributed by atoms with Crippen molar-refractivity contribution >= 4 is 5.97 Å². The summed E-state index contributed by atoms with van der Waals surface area (Å²) in [5, 5.41) is 0. The number of methoxy groups -OCH3 is 1. The molecular formula is C9H17NO2. The van der Waals surface area contributed by atoms with E-state index in [4.69, 9.17) is 10.5 Å². The summed E-state index contributed by atoms with van der Waals surface area (Å²) in [5.74, 6) is 0.208. The predicted molar refractivity (Wildman–Crippen MR) is 46.5 cm³/mol. The Bertz CT molecular complexity index is 181. The Morgan fingerprint density at radius 2 is 1.83 bits per heavy atom. The Kier molecular flexibility index (Phi) is 2.42. The van der Waals surface area contributed by atoms with E-state index in [0.29, 0.717) is 0 Å². The maximum absolute atomic E-state index is 11.4. The molecule has 2 atom stereocenters. The van der Waals surface area contributed by atoms with Crippen LogP contribution in [0.15, 0.2) is 0 Å².